The lowest BCUT2D eigenvalue weighted by atomic mass is 9.83. The summed E-state index contributed by atoms with van der Waals surface area (Å²) >= 11 is 3.55. The summed E-state index contributed by atoms with van der Waals surface area (Å²) in [5.74, 6) is 0.958. The van der Waals surface area contributed by atoms with Crippen molar-refractivity contribution in [2.45, 2.75) is 31.7 Å². The van der Waals surface area contributed by atoms with Crippen molar-refractivity contribution in [1.82, 2.24) is 10.6 Å². The maximum atomic E-state index is 5.50. The predicted octanol–water partition coefficient (Wildman–Crippen LogP) is 2.69. The number of halogens is 1. The van der Waals surface area contributed by atoms with Gasteiger partial charge in [-0.05, 0) is 31.2 Å². The van der Waals surface area contributed by atoms with Crippen molar-refractivity contribution < 1.29 is 4.74 Å². The molecule has 1 fully saturated rings. The lowest BCUT2D eigenvalue weighted by Gasteiger charge is -2.29. The zero-order chi connectivity index (χ0) is 13.9. The van der Waals surface area contributed by atoms with Crippen LogP contribution in [0.4, 0.5) is 0 Å². The summed E-state index contributed by atoms with van der Waals surface area (Å²) in [6.07, 6.45) is 1.21. The summed E-state index contributed by atoms with van der Waals surface area (Å²) in [6.45, 7) is 7.66. The molecule has 0 amide bonds. The number of ether oxygens (including phenoxy) is 1. The Balaban J connectivity index is 2.10. The largest absolute Gasteiger partial charge is 0.496 e. The van der Waals surface area contributed by atoms with E-state index in [0.717, 1.165) is 29.9 Å². The van der Waals surface area contributed by atoms with Gasteiger partial charge in [0.25, 0.3) is 0 Å². The van der Waals surface area contributed by atoms with Crippen molar-refractivity contribution in [3.8, 4) is 5.75 Å². The molecule has 1 unspecified atom stereocenters. The van der Waals surface area contributed by atoms with Gasteiger partial charge in [0.05, 0.1) is 7.11 Å². The molecule has 1 aromatic rings. The Kier molecular flexibility index (Phi) is 4.87. The number of rotatable bonds is 5. The number of hydrogen-bond donors (Lipinski definition) is 2. The first-order valence-corrected chi connectivity index (χ1v) is 7.60. The lowest BCUT2D eigenvalue weighted by molar-refractivity contribution is 0.377. The van der Waals surface area contributed by atoms with E-state index in [2.05, 4.69) is 46.5 Å². The van der Waals surface area contributed by atoms with Gasteiger partial charge in [0, 0.05) is 34.6 Å². The molecule has 1 saturated heterocycles. The van der Waals surface area contributed by atoms with Crippen molar-refractivity contribution in [2.24, 2.45) is 0 Å². The molecular formula is C15H23BrN2O. The van der Waals surface area contributed by atoms with Crippen LogP contribution in [0.25, 0.3) is 0 Å². The quantitative estimate of drug-likeness (QED) is 0.872. The highest BCUT2D eigenvalue weighted by Gasteiger charge is 2.26. The van der Waals surface area contributed by atoms with Crippen LogP contribution in [0.3, 0.4) is 0 Å². The van der Waals surface area contributed by atoms with Gasteiger partial charge < -0.3 is 15.4 Å². The van der Waals surface area contributed by atoms with Crippen LogP contribution in [0.5, 0.6) is 5.75 Å². The molecule has 1 heterocycles. The molecule has 0 saturated carbocycles. The normalized spacial score (nSPS) is 19.7. The first-order chi connectivity index (χ1) is 9.03. The van der Waals surface area contributed by atoms with Crippen LogP contribution in [0.1, 0.15) is 25.8 Å². The second kappa shape index (κ2) is 6.25. The van der Waals surface area contributed by atoms with Gasteiger partial charge in [0.2, 0.25) is 0 Å². The van der Waals surface area contributed by atoms with E-state index in [1.807, 2.05) is 12.1 Å². The van der Waals surface area contributed by atoms with Gasteiger partial charge in [0.1, 0.15) is 5.75 Å². The third-order valence-electron chi connectivity index (χ3n) is 3.78. The molecule has 1 aromatic carbocycles. The fourth-order valence-electron chi connectivity index (χ4n) is 2.53. The highest BCUT2D eigenvalue weighted by molar-refractivity contribution is 9.10. The minimum absolute atomic E-state index is 0.0394. The van der Waals surface area contributed by atoms with E-state index in [1.54, 1.807) is 7.11 Å². The molecule has 1 aliphatic rings. The van der Waals surface area contributed by atoms with E-state index >= 15 is 0 Å². The van der Waals surface area contributed by atoms with Crippen LogP contribution in [-0.2, 0) is 5.41 Å². The average molecular weight is 327 g/mol. The number of hydrogen-bond acceptors (Lipinski definition) is 3. The van der Waals surface area contributed by atoms with Crippen molar-refractivity contribution >= 4 is 15.9 Å². The van der Waals surface area contributed by atoms with Gasteiger partial charge in [-0.3, -0.25) is 0 Å². The average Bonchev–Trinajstić information content (AvgIpc) is 2.89. The summed E-state index contributed by atoms with van der Waals surface area (Å²) in [5.41, 5.74) is 1.28. The van der Waals surface area contributed by atoms with E-state index < -0.39 is 0 Å². The van der Waals surface area contributed by atoms with Gasteiger partial charge in [-0.25, -0.2) is 0 Å². The molecule has 1 atom stereocenters. The third kappa shape index (κ3) is 3.71. The lowest BCUT2D eigenvalue weighted by Crippen LogP contribution is -2.40. The van der Waals surface area contributed by atoms with E-state index in [-0.39, 0.29) is 5.41 Å². The maximum Gasteiger partial charge on any atom is 0.122 e. The van der Waals surface area contributed by atoms with Gasteiger partial charge in [-0.1, -0.05) is 29.8 Å². The third-order valence-corrected chi connectivity index (χ3v) is 4.28. The second-order valence-corrected chi connectivity index (χ2v) is 6.71. The van der Waals surface area contributed by atoms with Crippen LogP contribution in [0.2, 0.25) is 0 Å². The Hall–Kier alpha value is -0.580. The molecule has 19 heavy (non-hydrogen) atoms. The molecule has 0 aliphatic carbocycles. The number of benzene rings is 1. The Labute approximate surface area is 124 Å². The molecule has 0 spiro atoms. The summed E-state index contributed by atoms with van der Waals surface area (Å²) in [6, 6.07) is 6.80. The van der Waals surface area contributed by atoms with E-state index in [9.17, 15) is 0 Å². The Morgan fingerprint density at radius 2 is 2.26 bits per heavy atom. The van der Waals surface area contributed by atoms with E-state index in [4.69, 9.17) is 4.74 Å². The van der Waals surface area contributed by atoms with Crippen LogP contribution in [0, 0.1) is 0 Å². The van der Waals surface area contributed by atoms with Crippen molar-refractivity contribution in [1.29, 1.82) is 0 Å². The fourth-order valence-corrected chi connectivity index (χ4v) is 2.89. The molecular weight excluding hydrogens is 304 g/mol. The Morgan fingerprint density at radius 1 is 1.47 bits per heavy atom. The van der Waals surface area contributed by atoms with Gasteiger partial charge in [-0.2, -0.15) is 0 Å². The van der Waals surface area contributed by atoms with Crippen LogP contribution >= 0.6 is 15.9 Å². The number of nitrogens with one attached hydrogen (secondary N) is 2. The SMILES string of the molecule is COc1ccc(Br)cc1C(C)(C)CNC1CCNC1. The molecule has 4 heteroatoms. The van der Waals surface area contributed by atoms with Crippen LogP contribution in [-0.4, -0.2) is 32.8 Å². The molecule has 3 nitrogen and oxygen atoms in total. The minimum atomic E-state index is 0.0394. The smallest absolute Gasteiger partial charge is 0.122 e. The zero-order valence-electron chi connectivity index (χ0n) is 11.9. The van der Waals surface area contributed by atoms with Gasteiger partial charge in [-0.15, -0.1) is 0 Å². The first kappa shape index (κ1) is 14.8. The molecule has 0 aromatic heterocycles. The standard InChI is InChI=1S/C15H23BrN2O/c1-15(2,10-18-12-6-7-17-9-12)13-8-11(16)4-5-14(13)19-3/h4-5,8,12,17-18H,6-7,9-10H2,1-3H3. The van der Waals surface area contributed by atoms with Gasteiger partial charge >= 0.3 is 0 Å². The van der Waals surface area contributed by atoms with Crippen molar-refractivity contribution in [2.75, 3.05) is 26.7 Å². The summed E-state index contributed by atoms with van der Waals surface area (Å²) < 4.78 is 6.59. The summed E-state index contributed by atoms with van der Waals surface area (Å²) in [7, 11) is 1.73. The van der Waals surface area contributed by atoms with E-state index in [0.29, 0.717) is 6.04 Å². The maximum absolute atomic E-state index is 5.50. The van der Waals surface area contributed by atoms with Crippen molar-refractivity contribution in [3.05, 3.63) is 28.2 Å². The van der Waals surface area contributed by atoms with Crippen molar-refractivity contribution in [3.63, 3.8) is 0 Å². The molecule has 0 radical (unpaired) electrons. The number of methoxy groups -OCH3 is 1. The zero-order valence-corrected chi connectivity index (χ0v) is 13.5. The topological polar surface area (TPSA) is 33.3 Å². The van der Waals surface area contributed by atoms with Crippen LogP contribution in [0.15, 0.2) is 22.7 Å². The summed E-state index contributed by atoms with van der Waals surface area (Å²) in [5, 5.41) is 7.04. The van der Waals surface area contributed by atoms with E-state index in [1.165, 1.54) is 12.0 Å². The Morgan fingerprint density at radius 3 is 2.89 bits per heavy atom. The predicted molar refractivity (Wildman–Crippen MR) is 83.0 cm³/mol. The molecule has 1 aliphatic heterocycles. The molecule has 2 N–H and O–H groups in total. The highest BCUT2D eigenvalue weighted by atomic mass is 79.9. The summed E-state index contributed by atoms with van der Waals surface area (Å²) in [4.78, 5) is 0. The molecule has 106 valence electrons. The monoisotopic (exact) mass is 326 g/mol. The Bertz CT molecular complexity index is 428. The van der Waals surface area contributed by atoms with Crippen LogP contribution < -0.4 is 15.4 Å². The highest BCUT2D eigenvalue weighted by Crippen LogP contribution is 2.33. The van der Waals surface area contributed by atoms with Gasteiger partial charge in [0.15, 0.2) is 0 Å². The second-order valence-electron chi connectivity index (χ2n) is 5.80. The fraction of sp³-hybridized carbons (Fsp3) is 0.600. The molecule has 0 bridgehead atoms. The first-order valence-electron chi connectivity index (χ1n) is 6.81. The minimum Gasteiger partial charge on any atom is -0.496 e. The molecule has 2 rings (SSSR count).